The van der Waals surface area contributed by atoms with E-state index in [1.165, 1.54) is 7.11 Å². The molecule has 2 aliphatic heterocycles. The summed E-state index contributed by atoms with van der Waals surface area (Å²) in [5.74, 6) is -0.746. The second-order valence-electron chi connectivity index (χ2n) is 9.49. The summed E-state index contributed by atoms with van der Waals surface area (Å²) in [5.41, 5.74) is 2.85. The van der Waals surface area contributed by atoms with Crippen molar-refractivity contribution in [1.82, 2.24) is 14.7 Å². The quantitative estimate of drug-likeness (QED) is 0.226. The van der Waals surface area contributed by atoms with Crippen molar-refractivity contribution in [2.75, 3.05) is 39.8 Å². The van der Waals surface area contributed by atoms with E-state index in [0.717, 1.165) is 50.4 Å². The van der Waals surface area contributed by atoms with Gasteiger partial charge in [0, 0.05) is 69.6 Å². The Morgan fingerprint density at radius 1 is 1.08 bits per heavy atom. The normalized spacial score (nSPS) is 22.2. The first-order valence-corrected chi connectivity index (χ1v) is 11.8. The highest BCUT2D eigenvalue weighted by molar-refractivity contribution is 5.95. The predicted octanol–water partition coefficient (Wildman–Crippen LogP) is 3.43. The van der Waals surface area contributed by atoms with Crippen molar-refractivity contribution in [3.05, 3.63) is 63.4 Å². The van der Waals surface area contributed by atoms with E-state index in [4.69, 9.17) is 4.74 Å². The number of hydrogen-bond donors (Lipinski definition) is 0. The number of carbonyl (C=O) groups is 2. The topological polar surface area (TPSA) is 96.2 Å². The van der Waals surface area contributed by atoms with Crippen molar-refractivity contribution in [2.45, 2.75) is 32.9 Å². The average Bonchev–Trinajstić information content (AvgIpc) is 3.24. The molecule has 1 aromatic carbocycles. The molecule has 1 aliphatic carbocycles. The summed E-state index contributed by atoms with van der Waals surface area (Å²) in [7, 11) is 1.38. The molecule has 36 heavy (non-hydrogen) atoms. The van der Waals surface area contributed by atoms with Gasteiger partial charge in [-0.05, 0) is 31.4 Å². The van der Waals surface area contributed by atoms with Crippen molar-refractivity contribution in [1.29, 1.82) is 0 Å². The van der Waals surface area contributed by atoms with Gasteiger partial charge in [-0.25, -0.2) is 4.79 Å². The Kier molecular flexibility index (Phi) is 10.5. The molecule has 0 spiro atoms. The van der Waals surface area contributed by atoms with Crippen molar-refractivity contribution in [2.24, 2.45) is 11.8 Å². The number of piperazine rings is 1. The number of carbonyl (C=O) groups excluding carboxylic acids is 2. The molecule has 4 rings (SSSR count). The number of nitrogens with zero attached hydrogens (tertiary/aromatic N) is 4. The summed E-state index contributed by atoms with van der Waals surface area (Å²) in [4.78, 5) is 42.6. The van der Waals surface area contributed by atoms with Gasteiger partial charge in [0.1, 0.15) is 0 Å². The van der Waals surface area contributed by atoms with Crippen molar-refractivity contribution in [3.63, 3.8) is 0 Å². The lowest BCUT2D eigenvalue weighted by atomic mass is 9.81. The van der Waals surface area contributed by atoms with Gasteiger partial charge in [-0.3, -0.25) is 24.7 Å². The first-order chi connectivity index (χ1) is 16.3. The van der Waals surface area contributed by atoms with Crippen LogP contribution < -0.4 is 0 Å². The molecule has 1 amide bonds. The van der Waals surface area contributed by atoms with Crippen LogP contribution in [0.4, 0.5) is 5.69 Å². The number of esters is 1. The van der Waals surface area contributed by atoms with Crippen LogP contribution >= 0.6 is 24.8 Å². The van der Waals surface area contributed by atoms with Gasteiger partial charge < -0.3 is 9.64 Å². The Bertz CT molecular complexity index is 1020. The first-order valence-electron chi connectivity index (χ1n) is 11.8. The fraction of sp³-hybridized carbons (Fsp3) is 0.520. The van der Waals surface area contributed by atoms with Gasteiger partial charge in [-0.15, -0.1) is 24.8 Å². The highest BCUT2D eigenvalue weighted by Crippen LogP contribution is 2.42. The summed E-state index contributed by atoms with van der Waals surface area (Å²) in [5, 5.41) is 10.8. The van der Waals surface area contributed by atoms with E-state index in [2.05, 4.69) is 15.9 Å². The third kappa shape index (κ3) is 6.26. The van der Waals surface area contributed by atoms with Gasteiger partial charge >= 0.3 is 5.97 Å². The van der Waals surface area contributed by atoms with Crippen molar-refractivity contribution in [3.8, 4) is 0 Å². The number of halogens is 2. The van der Waals surface area contributed by atoms with Crippen LogP contribution in [0.5, 0.6) is 0 Å². The van der Waals surface area contributed by atoms with E-state index in [-0.39, 0.29) is 65.2 Å². The van der Waals surface area contributed by atoms with Gasteiger partial charge in [0.2, 0.25) is 5.91 Å². The minimum atomic E-state index is -0.383. The summed E-state index contributed by atoms with van der Waals surface area (Å²) in [6, 6.07) is 6.70. The van der Waals surface area contributed by atoms with Crippen molar-refractivity contribution >= 4 is 42.4 Å². The number of nitro groups is 1. The van der Waals surface area contributed by atoms with E-state index in [9.17, 15) is 19.7 Å². The molecule has 3 aliphatic rings. The summed E-state index contributed by atoms with van der Waals surface area (Å²) < 4.78 is 5.01. The van der Waals surface area contributed by atoms with E-state index in [1.807, 2.05) is 26.0 Å². The largest absolute Gasteiger partial charge is 0.466 e. The molecule has 1 aromatic rings. The zero-order valence-corrected chi connectivity index (χ0v) is 22.4. The van der Waals surface area contributed by atoms with Gasteiger partial charge in [-0.2, -0.15) is 0 Å². The Balaban J connectivity index is 0.00000228. The molecule has 1 fully saturated rings. The van der Waals surface area contributed by atoms with Crippen LogP contribution in [0, 0.1) is 22.0 Å². The number of methoxy groups -OCH3 is 1. The summed E-state index contributed by atoms with van der Waals surface area (Å²) in [6.45, 7) is 8.91. The van der Waals surface area contributed by atoms with Gasteiger partial charge in [0.15, 0.2) is 0 Å². The number of benzene rings is 1. The Hall–Kier alpha value is -2.46. The molecule has 11 heteroatoms. The highest BCUT2D eigenvalue weighted by atomic mass is 35.5. The van der Waals surface area contributed by atoms with Crippen LogP contribution in [-0.4, -0.2) is 77.4 Å². The molecule has 0 aromatic heterocycles. The van der Waals surface area contributed by atoms with Crippen LogP contribution in [0.1, 0.15) is 25.8 Å². The Labute approximate surface area is 224 Å². The number of nitro benzene ring substituents is 1. The standard InChI is InChI=1S/C25H32N4O5.2ClH/c1-17(2)28-16-22(25(31)34-3)21-9-6-19(23(21)24(28)30)15-27-12-10-26(11-13-27)14-18-4-7-20(8-5-18)29(32)33;;/h4-8,16-17,21,23H,9-15H2,1-3H3;2*1H/t21-,23-;;/m1../s1. The number of rotatable bonds is 7. The van der Waals surface area contributed by atoms with E-state index in [1.54, 1.807) is 23.2 Å². The fourth-order valence-electron chi connectivity index (χ4n) is 5.14. The van der Waals surface area contributed by atoms with Crippen LogP contribution in [-0.2, 0) is 20.9 Å². The van der Waals surface area contributed by atoms with Gasteiger partial charge in [-0.1, -0.05) is 18.2 Å². The first kappa shape index (κ1) is 29.8. The summed E-state index contributed by atoms with van der Waals surface area (Å²) in [6.07, 6.45) is 4.50. The molecular formula is C25H34Cl2N4O5. The van der Waals surface area contributed by atoms with E-state index < -0.39 is 0 Å². The maximum absolute atomic E-state index is 13.3. The maximum Gasteiger partial charge on any atom is 0.335 e. The number of ether oxygens (including phenoxy) is 1. The minimum absolute atomic E-state index is 0. The smallest absolute Gasteiger partial charge is 0.335 e. The molecule has 2 heterocycles. The molecular weight excluding hydrogens is 507 g/mol. The lowest BCUT2D eigenvalue weighted by molar-refractivity contribution is -0.384. The van der Waals surface area contributed by atoms with E-state index in [0.29, 0.717) is 12.0 Å². The summed E-state index contributed by atoms with van der Waals surface area (Å²) >= 11 is 0. The molecule has 0 bridgehead atoms. The highest BCUT2D eigenvalue weighted by Gasteiger charge is 2.45. The zero-order valence-electron chi connectivity index (χ0n) is 20.8. The Morgan fingerprint density at radius 3 is 2.19 bits per heavy atom. The van der Waals surface area contributed by atoms with Crippen molar-refractivity contribution < 1.29 is 19.2 Å². The predicted molar refractivity (Wildman–Crippen MR) is 141 cm³/mol. The van der Waals surface area contributed by atoms with Crippen LogP contribution in [0.25, 0.3) is 0 Å². The molecule has 0 N–H and O–H groups in total. The number of fused-ring (bicyclic) bond motifs is 1. The molecule has 9 nitrogen and oxygen atoms in total. The Morgan fingerprint density at radius 2 is 1.67 bits per heavy atom. The SMILES string of the molecule is COC(=O)C1=CN(C(C)C)C(=O)[C@@H]2C(CN3CCN(Cc4ccc([N+](=O)[O-])cc4)CC3)=CC[C@H]12.Cl.Cl. The lowest BCUT2D eigenvalue weighted by Crippen LogP contribution is -2.49. The second kappa shape index (κ2) is 12.7. The molecule has 1 saturated heterocycles. The third-order valence-electron chi connectivity index (χ3n) is 7.04. The van der Waals surface area contributed by atoms with Crippen LogP contribution in [0.3, 0.4) is 0 Å². The number of allylic oxidation sites excluding steroid dienone is 1. The molecule has 198 valence electrons. The fourth-order valence-corrected chi connectivity index (χ4v) is 5.14. The maximum atomic E-state index is 13.3. The van der Waals surface area contributed by atoms with Gasteiger partial charge in [0.05, 0.1) is 23.5 Å². The number of non-ortho nitro benzene ring substituents is 1. The lowest BCUT2D eigenvalue weighted by Gasteiger charge is -2.38. The van der Waals surface area contributed by atoms with Crippen LogP contribution in [0.15, 0.2) is 47.7 Å². The zero-order chi connectivity index (χ0) is 24.4. The number of amides is 1. The third-order valence-corrected chi connectivity index (χ3v) is 7.04. The average molecular weight is 541 g/mol. The number of hydrogen-bond acceptors (Lipinski definition) is 7. The molecule has 2 atom stereocenters. The monoisotopic (exact) mass is 540 g/mol. The molecule has 0 unspecified atom stereocenters. The van der Waals surface area contributed by atoms with Crippen LogP contribution in [0.2, 0.25) is 0 Å². The minimum Gasteiger partial charge on any atom is -0.466 e. The molecule has 0 saturated carbocycles. The second-order valence-corrected chi connectivity index (χ2v) is 9.49. The molecule has 0 radical (unpaired) electrons. The van der Waals surface area contributed by atoms with Gasteiger partial charge in [0.25, 0.3) is 5.69 Å². The van der Waals surface area contributed by atoms with E-state index >= 15 is 0 Å².